The van der Waals surface area contributed by atoms with Crippen molar-refractivity contribution < 1.29 is 9.72 Å². The molecular formula is C23H23N5O3. The van der Waals surface area contributed by atoms with Gasteiger partial charge in [0.15, 0.2) is 5.82 Å². The van der Waals surface area contributed by atoms with Crippen LogP contribution in [0, 0.1) is 17.0 Å². The second-order valence-electron chi connectivity index (χ2n) is 7.61. The van der Waals surface area contributed by atoms with Crippen molar-refractivity contribution in [2.75, 3.05) is 23.3 Å². The Morgan fingerprint density at radius 3 is 2.39 bits per heavy atom. The summed E-state index contributed by atoms with van der Waals surface area (Å²) in [5.74, 6) is 0.501. The molecule has 31 heavy (non-hydrogen) atoms. The fraction of sp³-hybridized carbons (Fsp3) is 0.261. The molecule has 158 valence electrons. The molecule has 1 aliphatic rings. The van der Waals surface area contributed by atoms with Crippen LogP contribution in [-0.4, -0.2) is 34.1 Å². The highest BCUT2D eigenvalue weighted by molar-refractivity contribution is 6.04. The van der Waals surface area contributed by atoms with E-state index in [2.05, 4.69) is 20.4 Å². The zero-order valence-electron chi connectivity index (χ0n) is 17.2. The quantitative estimate of drug-likeness (QED) is 0.481. The van der Waals surface area contributed by atoms with Crippen LogP contribution in [0.25, 0.3) is 11.3 Å². The van der Waals surface area contributed by atoms with Crippen molar-refractivity contribution in [3.63, 3.8) is 0 Å². The van der Waals surface area contributed by atoms with Gasteiger partial charge in [0.1, 0.15) is 0 Å². The molecule has 0 radical (unpaired) electrons. The molecule has 1 saturated heterocycles. The third kappa shape index (κ3) is 4.69. The highest BCUT2D eigenvalue weighted by atomic mass is 16.6. The first kappa shape index (κ1) is 20.5. The maximum atomic E-state index is 12.5. The molecule has 1 N–H and O–H groups in total. The van der Waals surface area contributed by atoms with Crippen molar-refractivity contribution in [1.82, 2.24) is 10.2 Å². The SMILES string of the molecule is Cc1ccc(C(=O)Nc2ccc(-c3ccc(N4CCCCC4)nn3)cc2)cc1[N+](=O)[O-]. The molecule has 8 heteroatoms. The molecule has 0 atom stereocenters. The number of carbonyl (C=O) groups excluding carboxylic acids is 1. The van der Waals surface area contributed by atoms with Crippen molar-refractivity contribution in [3.8, 4) is 11.3 Å². The maximum Gasteiger partial charge on any atom is 0.273 e. The Kier molecular flexibility index (Phi) is 5.88. The van der Waals surface area contributed by atoms with Gasteiger partial charge in [-0.2, -0.15) is 0 Å². The van der Waals surface area contributed by atoms with Crippen LogP contribution in [0.1, 0.15) is 35.2 Å². The van der Waals surface area contributed by atoms with Gasteiger partial charge in [-0.25, -0.2) is 0 Å². The Morgan fingerprint density at radius 2 is 1.74 bits per heavy atom. The van der Waals surface area contributed by atoms with Gasteiger partial charge < -0.3 is 10.2 Å². The van der Waals surface area contributed by atoms with E-state index in [1.165, 1.54) is 25.3 Å². The lowest BCUT2D eigenvalue weighted by Gasteiger charge is -2.27. The number of nitrogens with zero attached hydrogens (tertiary/aromatic N) is 4. The van der Waals surface area contributed by atoms with Crippen LogP contribution in [-0.2, 0) is 0 Å². The van der Waals surface area contributed by atoms with E-state index in [1.54, 1.807) is 31.2 Å². The molecule has 2 aromatic carbocycles. The van der Waals surface area contributed by atoms with E-state index in [1.807, 2.05) is 24.3 Å². The van der Waals surface area contributed by atoms with Crippen molar-refractivity contribution in [1.29, 1.82) is 0 Å². The van der Waals surface area contributed by atoms with E-state index >= 15 is 0 Å². The minimum Gasteiger partial charge on any atom is -0.355 e. The number of carbonyl (C=O) groups is 1. The number of benzene rings is 2. The van der Waals surface area contributed by atoms with E-state index in [9.17, 15) is 14.9 Å². The summed E-state index contributed by atoms with van der Waals surface area (Å²) in [4.78, 5) is 25.4. The Morgan fingerprint density at radius 1 is 1.00 bits per heavy atom. The van der Waals surface area contributed by atoms with E-state index in [0.717, 1.165) is 30.2 Å². The smallest absolute Gasteiger partial charge is 0.273 e. The zero-order chi connectivity index (χ0) is 21.8. The molecule has 0 spiro atoms. The minimum absolute atomic E-state index is 0.0745. The lowest BCUT2D eigenvalue weighted by molar-refractivity contribution is -0.385. The summed E-state index contributed by atoms with van der Waals surface area (Å²) < 4.78 is 0. The van der Waals surface area contributed by atoms with Crippen molar-refractivity contribution >= 4 is 23.1 Å². The summed E-state index contributed by atoms with van der Waals surface area (Å²) >= 11 is 0. The number of piperidine rings is 1. The summed E-state index contributed by atoms with van der Waals surface area (Å²) in [6, 6.07) is 15.7. The fourth-order valence-electron chi connectivity index (χ4n) is 3.65. The number of aromatic nitrogens is 2. The molecule has 1 fully saturated rings. The molecule has 4 rings (SSSR count). The molecule has 0 unspecified atom stereocenters. The van der Waals surface area contributed by atoms with E-state index < -0.39 is 10.8 Å². The Bertz CT molecular complexity index is 1090. The Hall–Kier alpha value is -3.81. The van der Waals surface area contributed by atoms with Crippen molar-refractivity contribution in [2.24, 2.45) is 0 Å². The van der Waals surface area contributed by atoms with Crippen LogP contribution in [0.4, 0.5) is 17.2 Å². The first-order valence-corrected chi connectivity index (χ1v) is 10.3. The second kappa shape index (κ2) is 8.91. The molecule has 0 bridgehead atoms. The lowest BCUT2D eigenvalue weighted by atomic mass is 10.1. The summed E-state index contributed by atoms with van der Waals surface area (Å²) in [5, 5.41) is 22.6. The van der Waals surface area contributed by atoms with E-state index in [4.69, 9.17) is 0 Å². The van der Waals surface area contributed by atoms with Gasteiger partial charge in [0, 0.05) is 41.5 Å². The molecule has 0 aliphatic carbocycles. The van der Waals surface area contributed by atoms with Gasteiger partial charge in [-0.3, -0.25) is 14.9 Å². The molecule has 1 aliphatic heterocycles. The fourth-order valence-corrected chi connectivity index (χ4v) is 3.65. The average Bonchev–Trinajstić information content (AvgIpc) is 2.80. The number of nitro groups is 1. The largest absolute Gasteiger partial charge is 0.355 e. The maximum absolute atomic E-state index is 12.5. The topological polar surface area (TPSA) is 101 Å². The van der Waals surface area contributed by atoms with Gasteiger partial charge in [-0.1, -0.05) is 18.2 Å². The van der Waals surface area contributed by atoms with E-state index in [-0.39, 0.29) is 11.3 Å². The van der Waals surface area contributed by atoms with Gasteiger partial charge in [0.25, 0.3) is 11.6 Å². The molecular weight excluding hydrogens is 394 g/mol. The molecule has 2 heterocycles. The summed E-state index contributed by atoms with van der Waals surface area (Å²) in [6.07, 6.45) is 3.64. The average molecular weight is 417 g/mol. The van der Waals surface area contributed by atoms with Gasteiger partial charge in [-0.05, 0) is 56.5 Å². The first-order valence-electron chi connectivity index (χ1n) is 10.3. The number of hydrogen-bond acceptors (Lipinski definition) is 6. The van der Waals surface area contributed by atoms with Crippen LogP contribution in [0.5, 0.6) is 0 Å². The third-order valence-electron chi connectivity index (χ3n) is 5.44. The summed E-state index contributed by atoms with van der Waals surface area (Å²) in [6.45, 7) is 3.68. The number of nitrogens with one attached hydrogen (secondary N) is 1. The number of hydrogen-bond donors (Lipinski definition) is 1. The third-order valence-corrected chi connectivity index (χ3v) is 5.44. The van der Waals surface area contributed by atoms with Crippen LogP contribution in [0.15, 0.2) is 54.6 Å². The van der Waals surface area contributed by atoms with Crippen molar-refractivity contribution in [2.45, 2.75) is 26.2 Å². The predicted octanol–water partition coefficient (Wildman–Crippen LogP) is 4.60. The van der Waals surface area contributed by atoms with Gasteiger partial charge >= 0.3 is 0 Å². The monoisotopic (exact) mass is 417 g/mol. The molecule has 0 saturated carbocycles. The van der Waals surface area contributed by atoms with Crippen LogP contribution in [0.3, 0.4) is 0 Å². The highest BCUT2D eigenvalue weighted by Crippen LogP contribution is 2.23. The molecule has 3 aromatic rings. The number of nitro benzene ring substituents is 1. The minimum atomic E-state index is -0.488. The van der Waals surface area contributed by atoms with Crippen LogP contribution in [0.2, 0.25) is 0 Å². The van der Waals surface area contributed by atoms with E-state index in [0.29, 0.717) is 11.3 Å². The number of amides is 1. The predicted molar refractivity (Wildman–Crippen MR) is 119 cm³/mol. The molecule has 8 nitrogen and oxygen atoms in total. The number of rotatable bonds is 5. The highest BCUT2D eigenvalue weighted by Gasteiger charge is 2.16. The number of aryl methyl sites for hydroxylation is 1. The van der Waals surface area contributed by atoms with Gasteiger partial charge in [-0.15, -0.1) is 10.2 Å². The molecule has 1 amide bonds. The second-order valence-corrected chi connectivity index (χ2v) is 7.61. The summed E-state index contributed by atoms with van der Waals surface area (Å²) in [7, 11) is 0. The number of anilines is 2. The normalized spacial score (nSPS) is 13.6. The summed E-state index contributed by atoms with van der Waals surface area (Å²) in [5.41, 5.74) is 2.91. The Labute approximate surface area is 180 Å². The first-order chi connectivity index (χ1) is 15.0. The van der Waals surface area contributed by atoms with Crippen molar-refractivity contribution in [3.05, 3.63) is 75.8 Å². The zero-order valence-corrected chi connectivity index (χ0v) is 17.2. The van der Waals surface area contributed by atoms with Gasteiger partial charge in [0.2, 0.25) is 0 Å². The molecule has 1 aromatic heterocycles. The van der Waals surface area contributed by atoms with Gasteiger partial charge in [0.05, 0.1) is 10.6 Å². The Balaban J connectivity index is 1.44. The standard InChI is InChI=1S/C23H23N5O3/c1-16-5-6-18(15-21(16)28(30)31)23(29)24-19-9-7-17(8-10-19)20-11-12-22(26-25-20)27-13-3-2-4-14-27/h5-12,15H,2-4,13-14H2,1H3,(H,24,29). The lowest BCUT2D eigenvalue weighted by Crippen LogP contribution is -2.30. The van der Waals surface area contributed by atoms with Crippen LogP contribution < -0.4 is 10.2 Å². The van der Waals surface area contributed by atoms with Crippen LogP contribution >= 0.6 is 0 Å².